The fraction of sp³-hybridized carbons (Fsp3) is 0.235. The van der Waals surface area contributed by atoms with E-state index in [0.29, 0.717) is 5.92 Å². The lowest BCUT2D eigenvalue weighted by Crippen LogP contribution is -2.01. The monoisotopic (exact) mass is 280 g/mol. The molecule has 0 bridgehead atoms. The zero-order chi connectivity index (χ0) is 13.7. The van der Waals surface area contributed by atoms with Crippen LogP contribution in [0.5, 0.6) is 0 Å². The molecule has 20 heavy (non-hydrogen) atoms. The first-order valence-electron chi connectivity index (χ1n) is 6.91. The maximum absolute atomic E-state index is 4.87. The Kier molecular flexibility index (Phi) is 2.64. The highest BCUT2D eigenvalue weighted by molar-refractivity contribution is 7.99. The second-order valence-corrected chi connectivity index (χ2v) is 6.56. The van der Waals surface area contributed by atoms with E-state index in [0.717, 1.165) is 22.6 Å². The molecule has 3 heteroatoms. The Hall–Kier alpha value is -1.74. The van der Waals surface area contributed by atoms with Crippen molar-refractivity contribution in [3.05, 3.63) is 58.9 Å². The summed E-state index contributed by atoms with van der Waals surface area (Å²) in [6, 6.07) is 13.1. The van der Waals surface area contributed by atoms with Crippen molar-refractivity contribution in [2.45, 2.75) is 24.7 Å². The number of benzene rings is 2. The van der Waals surface area contributed by atoms with Crippen LogP contribution in [0.2, 0.25) is 0 Å². The van der Waals surface area contributed by atoms with Crippen LogP contribution in [-0.4, -0.2) is 15.7 Å². The molecule has 1 aliphatic rings. The molecular formula is C17H16N2S. The van der Waals surface area contributed by atoms with Gasteiger partial charge >= 0.3 is 0 Å². The molecular weight excluding hydrogens is 264 g/mol. The molecule has 1 N–H and O–H groups in total. The summed E-state index contributed by atoms with van der Waals surface area (Å²) < 4.78 is 0. The van der Waals surface area contributed by atoms with Gasteiger partial charge in [-0.2, -0.15) is 0 Å². The van der Waals surface area contributed by atoms with Gasteiger partial charge in [-0.05, 0) is 42.7 Å². The van der Waals surface area contributed by atoms with Crippen molar-refractivity contribution < 1.29 is 0 Å². The smallest absolute Gasteiger partial charge is 0.115 e. The third-order valence-electron chi connectivity index (χ3n) is 3.97. The molecule has 0 aliphatic carbocycles. The predicted octanol–water partition coefficient (Wildman–Crippen LogP) is 4.42. The molecule has 100 valence electrons. The Morgan fingerprint density at radius 2 is 2.05 bits per heavy atom. The molecule has 0 fully saturated rings. The van der Waals surface area contributed by atoms with Gasteiger partial charge in [0.25, 0.3) is 0 Å². The Labute approximate surface area is 122 Å². The number of hydrogen-bond acceptors (Lipinski definition) is 2. The summed E-state index contributed by atoms with van der Waals surface area (Å²) >= 11 is 1.93. The third-order valence-corrected chi connectivity index (χ3v) is 5.15. The van der Waals surface area contributed by atoms with Gasteiger partial charge in [0.15, 0.2) is 0 Å². The fourth-order valence-electron chi connectivity index (χ4n) is 3.04. The van der Waals surface area contributed by atoms with Gasteiger partial charge in [0.05, 0.1) is 17.0 Å². The van der Waals surface area contributed by atoms with Gasteiger partial charge in [-0.3, -0.25) is 0 Å². The molecule has 0 saturated heterocycles. The van der Waals surface area contributed by atoms with Gasteiger partial charge < -0.3 is 4.98 Å². The highest BCUT2D eigenvalue weighted by Crippen LogP contribution is 2.42. The fourth-order valence-corrected chi connectivity index (χ4v) is 4.28. The van der Waals surface area contributed by atoms with E-state index in [1.54, 1.807) is 0 Å². The number of nitrogens with one attached hydrogen (secondary N) is 1. The number of fused-ring (bicyclic) bond motifs is 2. The van der Waals surface area contributed by atoms with Crippen LogP contribution in [0.4, 0.5) is 0 Å². The first kappa shape index (κ1) is 12.0. The number of hydrogen-bond donors (Lipinski definition) is 1. The van der Waals surface area contributed by atoms with E-state index in [1.807, 2.05) is 11.8 Å². The number of rotatable bonds is 1. The van der Waals surface area contributed by atoms with Crippen molar-refractivity contribution in [2.24, 2.45) is 0 Å². The molecule has 0 radical (unpaired) electrons. The van der Waals surface area contributed by atoms with Crippen molar-refractivity contribution in [1.82, 2.24) is 9.97 Å². The van der Waals surface area contributed by atoms with Crippen molar-refractivity contribution in [2.75, 3.05) is 5.75 Å². The predicted molar refractivity (Wildman–Crippen MR) is 84.6 cm³/mol. The van der Waals surface area contributed by atoms with E-state index in [9.17, 15) is 0 Å². The van der Waals surface area contributed by atoms with Gasteiger partial charge in [-0.15, -0.1) is 11.8 Å². The number of aromatic nitrogens is 2. The van der Waals surface area contributed by atoms with Crippen LogP contribution in [0.3, 0.4) is 0 Å². The van der Waals surface area contributed by atoms with Crippen molar-refractivity contribution in [1.29, 1.82) is 0 Å². The van der Waals surface area contributed by atoms with E-state index in [4.69, 9.17) is 4.98 Å². The van der Waals surface area contributed by atoms with Gasteiger partial charge in [-0.1, -0.05) is 24.3 Å². The topological polar surface area (TPSA) is 28.7 Å². The molecule has 1 aromatic heterocycles. The minimum absolute atomic E-state index is 0.392. The van der Waals surface area contributed by atoms with Crippen LogP contribution in [0.1, 0.15) is 28.4 Å². The minimum Gasteiger partial charge on any atom is -0.341 e. The zero-order valence-corrected chi connectivity index (χ0v) is 12.4. The van der Waals surface area contributed by atoms with E-state index in [1.165, 1.54) is 21.6 Å². The summed E-state index contributed by atoms with van der Waals surface area (Å²) in [5.41, 5.74) is 6.21. The maximum atomic E-state index is 4.87. The lowest BCUT2D eigenvalue weighted by atomic mass is 10.0. The number of nitrogens with zero attached hydrogens (tertiary/aromatic N) is 1. The van der Waals surface area contributed by atoms with Crippen LogP contribution >= 0.6 is 11.8 Å². The summed E-state index contributed by atoms with van der Waals surface area (Å²) in [5, 5.41) is 0. The summed E-state index contributed by atoms with van der Waals surface area (Å²) in [5.74, 6) is 2.58. The minimum atomic E-state index is 0.392. The van der Waals surface area contributed by atoms with E-state index >= 15 is 0 Å². The highest BCUT2D eigenvalue weighted by Gasteiger charge is 2.26. The molecule has 1 aliphatic heterocycles. The summed E-state index contributed by atoms with van der Waals surface area (Å²) in [4.78, 5) is 9.80. The molecule has 4 rings (SSSR count). The van der Waals surface area contributed by atoms with Gasteiger partial charge in [0.2, 0.25) is 0 Å². The van der Waals surface area contributed by atoms with Crippen molar-refractivity contribution >= 4 is 22.8 Å². The SMILES string of the molecule is Cc1cc(C)c2nc(C3CSc4ccccc43)[nH]c2c1. The number of aryl methyl sites for hydroxylation is 2. The summed E-state index contributed by atoms with van der Waals surface area (Å²) in [7, 11) is 0. The average molecular weight is 280 g/mol. The molecule has 1 atom stereocenters. The average Bonchev–Trinajstić information content (AvgIpc) is 3.01. The Morgan fingerprint density at radius 3 is 2.95 bits per heavy atom. The first-order chi connectivity index (χ1) is 9.72. The molecule has 1 unspecified atom stereocenters. The number of H-pyrrole nitrogens is 1. The van der Waals surface area contributed by atoms with Gasteiger partial charge in [0.1, 0.15) is 5.82 Å². The quantitative estimate of drug-likeness (QED) is 0.715. The standard InChI is InChI=1S/C17H16N2S/c1-10-7-11(2)16-14(8-10)18-17(19-16)13-9-20-15-6-4-3-5-12(13)15/h3-8,13H,9H2,1-2H3,(H,18,19). The van der Waals surface area contributed by atoms with Crippen molar-refractivity contribution in [3.63, 3.8) is 0 Å². The van der Waals surface area contributed by atoms with Crippen LogP contribution in [0.25, 0.3) is 11.0 Å². The second kappa shape index (κ2) is 4.38. The molecule has 3 aromatic rings. The second-order valence-electron chi connectivity index (χ2n) is 5.50. The molecule has 0 spiro atoms. The summed E-state index contributed by atoms with van der Waals surface area (Å²) in [6.45, 7) is 4.27. The van der Waals surface area contributed by atoms with E-state index in [-0.39, 0.29) is 0 Å². The largest absolute Gasteiger partial charge is 0.341 e. The van der Waals surface area contributed by atoms with Gasteiger partial charge in [-0.25, -0.2) is 4.98 Å². The third kappa shape index (κ3) is 1.77. The lowest BCUT2D eigenvalue weighted by molar-refractivity contribution is 0.858. The van der Waals surface area contributed by atoms with Crippen LogP contribution in [0, 0.1) is 13.8 Å². The normalized spacial score (nSPS) is 17.6. The van der Waals surface area contributed by atoms with E-state index in [2.05, 4.69) is 55.2 Å². The van der Waals surface area contributed by atoms with Crippen LogP contribution in [0.15, 0.2) is 41.3 Å². The molecule has 0 amide bonds. The van der Waals surface area contributed by atoms with Crippen LogP contribution in [-0.2, 0) is 0 Å². The van der Waals surface area contributed by atoms with Crippen LogP contribution < -0.4 is 0 Å². The molecule has 2 heterocycles. The first-order valence-corrected chi connectivity index (χ1v) is 7.89. The van der Waals surface area contributed by atoms with Crippen molar-refractivity contribution in [3.8, 4) is 0 Å². The molecule has 0 saturated carbocycles. The molecule has 2 nitrogen and oxygen atoms in total. The zero-order valence-electron chi connectivity index (χ0n) is 11.6. The lowest BCUT2D eigenvalue weighted by Gasteiger charge is -2.06. The summed E-state index contributed by atoms with van der Waals surface area (Å²) in [6.07, 6.45) is 0. The Bertz CT molecular complexity index is 804. The highest BCUT2D eigenvalue weighted by atomic mass is 32.2. The Morgan fingerprint density at radius 1 is 1.20 bits per heavy atom. The number of aromatic amines is 1. The maximum Gasteiger partial charge on any atom is 0.115 e. The Balaban J connectivity index is 1.86. The van der Waals surface area contributed by atoms with Gasteiger partial charge in [0, 0.05) is 10.6 Å². The molecule has 2 aromatic carbocycles. The van der Waals surface area contributed by atoms with E-state index < -0.39 is 0 Å². The number of thioether (sulfide) groups is 1. The number of imidazole rings is 1.